The highest BCUT2D eigenvalue weighted by Gasteiger charge is 2.39. The summed E-state index contributed by atoms with van der Waals surface area (Å²) >= 11 is 0. The molecule has 0 aromatic carbocycles. The smallest absolute Gasteiger partial charge is 0.332 e. The van der Waals surface area contributed by atoms with E-state index in [-0.39, 0.29) is 19.6 Å². The van der Waals surface area contributed by atoms with Crippen LogP contribution in [0.2, 0.25) is 0 Å². The molecule has 0 radical (unpaired) electrons. The highest BCUT2D eigenvalue weighted by Crippen LogP contribution is 2.21. The first-order valence-electron chi connectivity index (χ1n) is 6.42. The van der Waals surface area contributed by atoms with Crippen LogP contribution in [0.5, 0.6) is 0 Å². The average Bonchev–Trinajstić information content (AvgIpc) is 2.91. The Bertz CT molecular complexity index is 570. The van der Waals surface area contributed by atoms with Crippen LogP contribution in [0.4, 0.5) is 0 Å². The van der Waals surface area contributed by atoms with E-state index in [1.54, 1.807) is 6.92 Å². The van der Waals surface area contributed by atoms with Crippen LogP contribution in [0.3, 0.4) is 0 Å². The van der Waals surface area contributed by atoms with Crippen molar-refractivity contribution in [3.63, 3.8) is 0 Å². The first-order valence-corrected chi connectivity index (χ1v) is 6.42. The number of carboxylic acids is 1. The topological polar surface area (TPSA) is 139 Å². The number of esters is 1. The minimum Gasteiger partial charge on any atom is -0.480 e. The lowest BCUT2D eigenvalue weighted by atomic mass is 10.0. The molecule has 1 aromatic heterocycles. The van der Waals surface area contributed by atoms with Crippen molar-refractivity contribution in [2.45, 2.75) is 32.0 Å². The fourth-order valence-electron chi connectivity index (χ4n) is 2.20. The van der Waals surface area contributed by atoms with Gasteiger partial charge in [-0.1, -0.05) is 0 Å². The summed E-state index contributed by atoms with van der Waals surface area (Å²) < 4.78 is 4.69. The Morgan fingerprint density at radius 1 is 1.62 bits per heavy atom. The van der Waals surface area contributed by atoms with Crippen molar-refractivity contribution in [1.29, 1.82) is 0 Å². The molecule has 0 aliphatic carbocycles. The molecule has 0 saturated carbocycles. The van der Waals surface area contributed by atoms with Gasteiger partial charge in [0, 0.05) is 6.42 Å². The Morgan fingerprint density at radius 2 is 2.33 bits per heavy atom. The van der Waals surface area contributed by atoms with Gasteiger partial charge in [0.2, 0.25) is 0 Å². The maximum absolute atomic E-state index is 12.3. The average molecular weight is 296 g/mol. The van der Waals surface area contributed by atoms with Crippen molar-refractivity contribution in [1.82, 2.24) is 14.9 Å². The number of nitrogens with two attached hydrogens (primary N) is 1. The van der Waals surface area contributed by atoms with Crippen LogP contribution >= 0.6 is 0 Å². The molecule has 114 valence electrons. The fourth-order valence-corrected chi connectivity index (χ4v) is 2.20. The highest BCUT2D eigenvalue weighted by molar-refractivity contribution is 6.02. The Hall–Kier alpha value is -2.42. The van der Waals surface area contributed by atoms with Crippen LogP contribution in [0.15, 0.2) is 6.33 Å². The molecule has 1 aliphatic rings. The normalized spacial score (nSPS) is 18.8. The van der Waals surface area contributed by atoms with Crippen LogP contribution in [-0.4, -0.2) is 56.5 Å². The second kappa shape index (κ2) is 5.92. The lowest BCUT2D eigenvalue weighted by molar-refractivity contribution is -0.157. The van der Waals surface area contributed by atoms with Gasteiger partial charge < -0.3 is 25.5 Å². The zero-order valence-electron chi connectivity index (χ0n) is 11.4. The third-order valence-corrected chi connectivity index (χ3v) is 3.27. The molecule has 1 amide bonds. The second-order valence-electron chi connectivity index (χ2n) is 4.58. The summed E-state index contributed by atoms with van der Waals surface area (Å²) in [5, 5.41) is 9.26. The summed E-state index contributed by atoms with van der Waals surface area (Å²) in [6, 6.07) is -2.63. The van der Waals surface area contributed by atoms with Gasteiger partial charge in [-0.2, -0.15) is 0 Å². The van der Waals surface area contributed by atoms with Crippen molar-refractivity contribution in [2.24, 2.45) is 5.73 Å². The largest absolute Gasteiger partial charge is 0.480 e. The van der Waals surface area contributed by atoms with Crippen LogP contribution in [-0.2, 0) is 32.1 Å². The number of imidazole rings is 1. The predicted octanol–water partition coefficient (Wildman–Crippen LogP) is -1.36. The molecule has 0 fully saturated rings. The molecule has 1 aliphatic heterocycles. The van der Waals surface area contributed by atoms with E-state index in [4.69, 9.17) is 5.73 Å². The maximum Gasteiger partial charge on any atom is 0.332 e. The lowest BCUT2D eigenvalue weighted by Crippen LogP contribution is -2.56. The molecule has 2 atom stereocenters. The van der Waals surface area contributed by atoms with Gasteiger partial charge in [0.1, 0.15) is 6.04 Å². The number of carbonyl (C=O) groups excluding carboxylic acids is 2. The first kappa shape index (κ1) is 15.0. The molecule has 1 aromatic rings. The van der Waals surface area contributed by atoms with E-state index in [1.165, 1.54) is 6.33 Å². The fraction of sp³-hybridized carbons (Fsp3) is 0.500. The molecule has 0 bridgehead atoms. The molecule has 2 heterocycles. The minimum absolute atomic E-state index is 0.0121. The molecule has 2 rings (SSSR count). The predicted molar refractivity (Wildman–Crippen MR) is 68.9 cm³/mol. The van der Waals surface area contributed by atoms with Gasteiger partial charge in [-0.3, -0.25) is 4.79 Å². The van der Waals surface area contributed by atoms with E-state index in [2.05, 4.69) is 14.7 Å². The van der Waals surface area contributed by atoms with Gasteiger partial charge in [-0.25, -0.2) is 14.6 Å². The molecule has 4 N–H and O–H groups in total. The Labute approximate surface area is 120 Å². The number of nitrogens with one attached hydrogen (secondary N) is 1. The Morgan fingerprint density at radius 3 is 2.95 bits per heavy atom. The number of aliphatic carboxylic acids is 1. The molecule has 0 spiro atoms. The van der Waals surface area contributed by atoms with Crippen LogP contribution < -0.4 is 5.73 Å². The van der Waals surface area contributed by atoms with Crippen LogP contribution in [0, 0.1) is 0 Å². The molecule has 21 heavy (non-hydrogen) atoms. The number of hydrogen-bond donors (Lipinski definition) is 3. The number of carbonyl (C=O) groups is 3. The van der Waals surface area contributed by atoms with Crippen molar-refractivity contribution < 1.29 is 24.2 Å². The number of nitrogens with zero attached hydrogens (tertiary/aromatic N) is 2. The van der Waals surface area contributed by atoms with Crippen molar-refractivity contribution in [3.8, 4) is 0 Å². The quantitative estimate of drug-likeness (QED) is 0.460. The van der Waals surface area contributed by atoms with Crippen LogP contribution in [0.25, 0.3) is 0 Å². The lowest BCUT2D eigenvalue weighted by Gasteiger charge is -2.33. The summed E-state index contributed by atoms with van der Waals surface area (Å²) in [7, 11) is 0. The number of rotatable bonds is 4. The van der Waals surface area contributed by atoms with Crippen molar-refractivity contribution >= 4 is 17.8 Å². The van der Waals surface area contributed by atoms with Gasteiger partial charge in [-0.05, 0) is 6.92 Å². The number of aromatic nitrogens is 2. The standard InChI is InChI=1S/C12H16N4O5/c1-2-21-12(20)9(13)10(17)16-4-7-6(14-5-15-7)3-8(16)11(18)19/h5,8-9H,2-4,13H2,1H3,(H,14,15)(H,18,19). The van der Waals surface area contributed by atoms with Gasteiger partial charge >= 0.3 is 11.9 Å². The van der Waals surface area contributed by atoms with E-state index in [0.717, 1.165) is 4.90 Å². The minimum atomic E-state index is -1.53. The van der Waals surface area contributed by atoms with Crippen molar-refractivity contribution in [2.75, 3.05) is 6.61 Å². The Kier molecular flexibility index (Phi) is 4.22. The SMILES string of the molecule is CCOC(=O)C(N)C(=O)N1Cc2[nH]cnc2CC1C(=O)O. The van der Waals surface area contributed by atoms with E-state index in [9.17, 15) is 19.5 Å². The summed E-state index contributed by atoms with van der Waals surface area (Å²) in [6.07, 6.45) is 1.50. The molecular weight excluding hydrogens is 280 g/mol. The summed E-state index contributed by atoms with van der Waals surface area (Å²) in [5.41, 5.74) is 6.78. The van der Waals surface area contributed by atoms with E-state index in [1.807, 2.05) is 0 Å². The number of carboxylic acid groups (broad SMARTS) is 1. The van der Waals surface area contributed by atoms with E-state index < -0.39 is 29.9 Å². The van der Waals surface area contributed by atoms with Gasteiger partial charge in [0.05, 0.1) is 30.9 Å². The second-order valence-corrected chi connectivity index (χ2v) is 4.58. The maximum atomic E-state index is 12.3. The zero-order chi connectivity index (χ0) is 15.6. The monoisotopic (exact) mass is 296 g/mol. The first-order chi connectivity index (χ1) is 9.95. The van der Waals surface area contributed by atoms with Gasteiger partial charge in [0.15, 0.2) is 6.04 Å². The number of hydrogen-bond acceptors (Lipinski definition) is 6. The number of fused-ring (bicyclic) bond motifs is 1. The van der Waals surface area contributed by atoms with Gasteiger partial charge in [-0.15, -0.1) is 0 Å². The molecule has 2 unspecified atom stereocenters. The zero-order valence-corrected chi connectivity index (χ0v) is 11.4. The Balaban J connectivity index is 2.22. The van der Waals surface area contributed by atoms with Crippen LogP contribution in [0.1, 0.15) is 18.3 Å². The van der Waals surface area contributed by atoms with E-state index in [0.29, 0.717) is 11.4 Å². The number of ether oxygens (including phenoxy) is 1. The third kappa shape index (κ3) is 2.87. The van der Waals surface area contributed by atoms with Gasteiger partial charge in [0.25, 0.3) is 5.91 Å². The number of aromatic amines is 1. The van der Waals surface area contributed by atoms with Crippen molar-refractivity contribution in [3.05, 3.63) is 17.7 Å². The molecular formula is C12H16N4O5. The summed E-state index contributed by atoms with van der Waals surface area (Å²) in [4.78, 5) is 43.0. The molecule has 9 heteroatoms. The third-order valence-electron chi connectivity index (χ3n) is 3.27. The number of H-pyrrole nitrogens is 1. The summed E-state index contributed by atoms with van der Waals surface area (Å²) in [5.74, 6) is -2.82. The molecule has 0 saturated heterocycles. The number of amides is 1. The summed E-state index contributed by atoms with van der Waals surface area (Å²) in [6.45, 7) is 1.69. The van der Waals surface area contributed by atoms with E-state index >= 15 is 0 Å². The highest BCUT2D eigenvalue weighted by atomic mass is 16.5. The molecule has 9 nitrogen and oxygen atoms in total.